The highest BCUT2D eigenvalue weighted by Crippen LogP contribution is 2.32. The number of fused-ring (bicyclic) bond motifs is 7. The zero-order valence-electron chi connectivity index (χ0n) is 11.0. The van der Waals surface area contributed by atoms with E-state index in [0.717, 1.165) is 23.4 Å². The molecule has 20 heavy (non-hydrogen) atoms. The van der Waals surface area contributed by atoms with Crippen molar-refractivity contribution in [1.29, 1.82) is 0 Å². The number of hydrogen-bond acceptors (Lipinski definition) is 2. The van der Waals surface area contributed by atoms with Gasteiger partial charge in [0, 0.05) is 12.3 Å². The van der Waals surface area contributed by atoms with Gasteiger partial charge in [-0.25, -0.2) is 9.13 Å². The van der Waals surface area contributed by atoms with Crippen molar-refractivity contribution in [3.63, 3.8) is 0 Å². The van der Waals surface area contributed by atoms with E-state index in [1.165, 1.54) is 16.9 Å². The van der Waals surface area contributed by atoms with Crippen LogP contribution in [0, 0.1) is 0 Å². The third-order valence-electron chi connectivity index (χ3n) is 4.11. The van der Waals surface area contributed by atoms with Crippen LogP contribution in [0.15, 0.2) is 42.7 Å². The van der Waals surface area contributed by atoms with Crippen LogP contribution < -0.4 is 4.57 Å². The van der Waals surface area contributed by atoms with Crippen molar-refractivity contribution in [2.75, 3.05) is 0 Å². The quantitative estimate of drug-likeness (QED) is 0.397. The molecule has 0 aliphatic carbocycles. The zero-order valence-corrected chi connectivity index (χ0v) is 11.0. The fourth-order valence-corrected chi connectivity index (χ4v) is 3.29. The Bertz CT molecular complexity index is 992. The van der Waals surface area contributed by atoms with E-state index in [2.05, 4.69) is 44.5 Å². The van der Waals surface area contributed by atoms with Crippen LogP contribution in [0.25, 0.3) is 28.1 Å². The monoisotopic (exact) mass is 262 g/mol. The lowest BCUT2D eigenvalue weighted by Gasteiger charge is -1.96. The number of aryl methyl sites for hydroxylation is 1. The molecule has 1 aliphatic heterocycles. The Balaban J connectivity index is 1.98. The first kappa shape index (κ1) is 10.1. The first-order chi connectivity index (χ1) is 9.84. The molecule has 5 nitrogen and oxygen atoms in total. The van der Waals surface area contributed by atoms with Gasteiger partial charge in [0.05, 0.1) is 24.5 Å². The second-order valence-corrected chi connectivity index (χ2v) is 5.18. The van der Waals surface area contributed by atoms with Gasteiger partial charge in [0.25, 0.3) is 5.65 Å². The second kappa shape index (κ2) is 3.25. The van der Waals surface area contributed by atoms with Crippen molar-refractivity contribution in [2.45, 2.75) is 6.54 Å². The maximum absolute atomic E-state index is 4.49. The largest absolute Gasteiger partial charge is 0.292 e. The van der Waals surface area contributed by atoms with Crippen molar-refractivity contribution in [3.05, 3.63) is 48.4 Å². The molecule has 5 heteroatoms. The molecule has 0 atom stereocenters. The van der Waals surface area contributed by atoms with E-state index in [1.54, 1.807) is 0 Å². The van der Waals surface area contributed by atoms with Gasteiger partial charge in [0.1, 0.15) is 12.1 Å². The van der Waals surface area contributed by atoms with Crippen LogP contribution in [-0.4, -0.2) is 19.2 Å². The number of hydrogen-bond donors (Lipinski definition) is 0. The van der Waals surface area contributed by atoms with E-state index < -0.39 is 0 Å². The minimum atomic E-state index is 0.833. The highest BCUT2D eigenvalue weighted by molar-refractivity contribution is 5.82. The van der Waals surface area contributed by atoms with Gasteiger partial charge in [-0.2, -0.15) is 0 Å². The zero-order chi connectivity index (χ0) is 13.3. The first-order valence-electron chi connectivity index (χ1n) is 6.64. The van der Waals surface area contributed by atoms with Gasteiger partial charge in [-0.1, -0.05) is 0 Å². The summed E-state index contributed by atoms with van der Waals surface area (Å²) in [6.07, 6.45) is 3.69. The van der Waals surface area contributed by atoms with Crippen LogP contribution in [-0.2, 0) is 13.6 Å². The van der Waals surface area contributed by atoms with Crippen molar-refractivity contribution in [1.82, 2.24) is 19.2 Å². The first-order valence-corrected chi connectivity index (χ1v) is 6.64. The number of rotatable bonds is 0. The molecule has 0 spiro atoms. The third kappa shape index (κ3) is 1.02. The molecule has 0 radical (unpaired) electrons. The van der Waals surface area contributed by atoms with Gasteiger partial charge in [-0.3, -0.25) is 4.98 Å². The van der Waals surface area contributed by atoms with Crippen LogP contribution in [0.5, 0.6) is 0 Å². The van der Waals surface area contributed by atoms with E-state index in [0.29, 0.717) is 0 Å². The molecule has 0 fully saturated rings. The van der Waals surface area contributed by atoms with Gasteiger partial charge < -0.3 is 0 Å². The predicted molar refractivity (Wildman–Crippen MR) is 74.2 cm³/mol. The molecule has 4 aromatic heterocycles. The highest BCUT2D eigenvalue weighted by Gasteiger charge is 2.33. The second-order valence-electron chi connectivity index (χ2n) is 5.18. The molecule has 5 rings (SSSR count). The summed E-state index contributed by atoms with van der Waals surface area (Å²) in [7, 11) is 2.09. The fraction of sp³-hybridized carbons (Fsp3) is 0.133. The molecule has 0 unspecified atom stereocenters. The standard InChI is InChI=1S/C15H12N5/c1-18-14-11-5-3-6-16-12(11)9-19(14)13-8-10-4-2-7-17-20(10)15(13)18/h2-8H,9H2,1H3/q+1. The summed E-state index contributed by atoms with van der Waals surface area (Å²) in [5, 5.41) is 4.47. The number of pyridine rings is 1. The van der Waals surface area contributed by atoms with Crippen molar-refractivity contribution < 1.29 is 4.57 Å². The van der Waals surface area contributed by atoms with Crippen LogP contribution in [0.3, 0.4) is 0 Å². The number of imidazole rings is 1. The van der Waals surface area contributed by atoms with E-state index in [9.17, 15) is 0 Å². The summed E-state index contributed by atoms with van der Waals surface area (Å²) in [5.41, 5.74) is 5.82. The van der Waals surface area contributed by atoms with Crippen molar-refractivity contribution >= 4 is 16.7 Å². The SMILES string of the molecule is C[n+]1c2n(c3cc4cccnn4c31)Cc1ncccc1-2. The van der Waals surface area contributed by atoms with E-state index in [4.69, 9.17) is 0 Å². The minimum Gasteiger partial charge on any atom is -0.257 e. The van der Waals surface area contributed by atoms with Gasteiger partial charge in [0.15, 0.2) is 5.52 Å². The molecular weight excluding hydrogens is 250 g/mol. The topological polar surface area (TPSA) is 39.0 Å². The van der Waals surface area contributed by atoms with Crippen LogP contribution in [0.1, 0.15) is 5.69 Å². The Morgan fingerprint density at radius 2 is 2.10 bits per heavy atom. The molecule has 5 heterocycles. The summed E-state index contributed by atoms with van der Waals surface area (Å²) in [6, 6.07) is 10.4. The molecule has 96 valence electrons. The number of aromatic nitrogens is 5. The van der Waals surface area contributed by atoms with Crippen molar-refractivity contribution in [2.24, 2.45) is 7.05 Å². The van der Waals surface area contributed by atoms with Gasteiger partial charge in [0.2, 0.25) is 5.82 Å². The Kier molecular flexibility index (Phi) is 1.65. The predicted octanol–water partition coefficient (Wildman–Crippen LogP) is 1.54. The highest BCUT2D eigenvalue weighted by atomic mass is 15.3. The molecule has 0 bridgehead atoms. The number of nitrogens with zero attached hydrogens (tertiary/aromatic N) is 5. The van der Waals surface area contributed by atoms with Gasteiger partial charge in [-0.05, 0) is 24.3 Å². The van der Waals surface area contributed by atoms with Gasteiger partial charge in [-0.15, -0.1) is 9.61 Å². The lowest BCUT2D eigenvalue weighted by atomic mass is 10.2. The van der Waals surface area contributed by atoms with E-state index in [-0.39, 0.29) is 0 Å². The molecule has 4 aromatic rings. The molecule has 0 N–H and O–H groups in total. The summed E-state index contributed by atoms with van der Waals surface area (Å²) in [4.78, 5) is 4.49. The Labute approximate surface area is 114 Å². The van der Waals surface area contributed by atoms with Crippen molar-refractivity contribution in [3.8, 4) is 11.4 Å². The molecule has 0 amide bonds. The summed E-state index contributed by atoms with van der Waals surface area (Å²) >= 11 is 0. The van der Waals surface area contributed by atoms with Gasteiger partial charge >= 0.3 is 0 Å². The summed E-state index contributed by atoms with van der Waals surface area (Å²) < 4.78 is 6.53. The maximum atomic E-state index is 4.49. The Morgan fingerprint density at radius 3 is 3.05 bits per heavy atom. The molecule has 0 saturated heterocycles. The molecule has 0 saturated carbocycles. The maximum Gasteiger partial charge on any atom is 0.292 e. The molecule has 0 aromatic carbocycles. The lowest BCUT2D eigenvalue weighted by molar-refractivity contribution is -0.636. The van der Waals surface area contributed by atoms with Crippen LogP contribution in [0.4, 0.5) is 0 Å². The molecular formula is C15H12N5+. The average Bonchev–Trinajstić information content (AvgIpc) is 3.10. The smallest absolute Gasteiger partial charge is 0.257 e. The summed E-state index contributed by atoms with van der Waals surface area (Å²) in [5.74, 6) is 1.21. The Hall–Kier alpha value is -2.69. The normalized spacial score (nSPS) is 13.1. The Morgan fingerprint density at radius 1 is 1.20 bits per heavy atom. The minimum absolute atomic E-state index is 0.833. The van der Waals surface area contributed by atoms with E-state index in [1.807, 2.05) is 29.0 Å². The fourth-order valence-electron chi connectivity index (χ4n) is 3.29. The summed E-state index contributed by atoms with van der Waals surface area (Å²) in [6.45, 7) is 0.833. The lowest BCUT2D eigenvalue weighted by Crippen LogP contribution is -2.31. The average molecular weight is 262 g/mol. The third-order valence-corrected chi connectivity index (χ3v) is 4.11. The van der Waals surface area contributed by atoms with Crippen LogP contribution in [0.2, 0.25) is 0 Å². The van der Waals surface area contributed by atoms with Crippen LogP contribution >= 0.6 is 0 Å². The molecule has 1 aliphatic rings. The van der Waals surface area contributed by atoms with E-state index >= 15 is 0 Å².